The lowest BCUT2D eigenvalue weighted by atomic mass is 10.1. The summed E-state index contributed by atoms with van der Waals surface area (Å²) < 4.78 is 0. The zero-order valence-electron chi connectivity index (χ0n) is 10.2. The monoisotopic (exact) mass is 263 g/mol. The van der Waals surface area contributed by atoms with Crippen LogP contribution in [0, 0.1) is 0 Å². The molecule has 1 aliphatic heterocycles. The van der Waals surface area contributed by atoms with Crippen LogP contribution in [0.25, 0.3) is 10.9 Å². The second-order valence-corrected chi connectivity index (χ2v) is 4.81. The van der Waals surface area contributed by atoms with Crippen LogP contribution in [0.1, 0.15) is 12.0 Å². The van der Waals surface area contributed by atoms with Crippen molar-refractivity contribution in [2.75, 3.05) is 13.1 Å². The number of benzene rings is 1. The minimum atomic E-state index is 0. The topological polar surface area (TPSA) is 42.1 Å². The molecule has 1 saturated heterocycles. The van der Waals surface area contributed by atoms with E-state index in [0.717, 1.165) is 31.6 Å². The van der Waals surface area contributed by atoms with Gasteiger partial charge in [0.25, 0.3) is 0 Å². The van der Waals surface area contributed by atoms with Gasteiger partial charge in [-0.25, -0.2) is 0 Å². The van der Waals surface area contributed by atoms with E-state index < -0.39 is 0 Å². The van der Waals surface area contributed by atoms with Crippen molar-refractivity contribution < 1.29 is 0 Å². The van der Waals surface area contributed by atoms with E-state index in [9.17, 15) is 0 Å². The first-order valence-electron chi connectivity index (χ1n) is 6.13. The number of pyridine rings is 1. The molecular weight excluding hydrogens is 246 g/mol. The maximum atomic E-state index is 5.92. The van der Waals surface area contributed by atoms with Crippen LogP contribution in [0.5, 0.6) is 0 Å². The summed E-state index contributed by atoms with van der Waals surface area (Å²) in [5.74, 6) is 0. The van der Waals surface area contributed by atoms with E-state index >= 15 is 0 Å². The number of aromatic nitrogens is 1. The summed E-state index contributed by atoms with van der Waals surface area (Å²) >= 11 is 0. The molecule has 3 rings (SSSR count). The second-order valence-electron chi connectivity index (χ2n) is 4.81. The molecule has 0 saturated carbocycles. The molecule has 0 bridgehead atoms. The Kier molecular flexibility index (Phi) is 4.17. The highest BCUT2D eigenvalue weighted by Crippen LogP contribution is 2.17. The third-order valence-electron chi connectivity index (χ3n) is 3.38. The molecule has 1 fully saturated rings. The SMILES string of the molecule is Cl.N[C@H]1CCN(Cc2ccc3ncccc3c2)C1. The van der Waals surface area contributed by atoms with Gasteiger partial charge in [-0.1, -0.05) is 12.1 Å². The van der Waals surface area contributed by atoms with Crippen molar-refractivity contribution in [1.29, 1.82) is 0 Å². The molecular formula is C14H18ClN3. The Morgan fingerprint density at radius 3 is 3.00 bits per heavy atom. The van der Waals surface area contributed by atoms with E-state index in [1.54, 1.807) is 0 Å². The Morgan fingerprint density at radius 2 is 2.22 bits per heavy atom. The Hall–Kier alpha value is -1.16. The minimum Gasteiger partial charge on any atom is -0.326 e. The quantitative estimate of drug-likeness (QED) is 0.903. The van der Waals surface area contributed by atoms with Gasteiger partial charge in [0.05, 0.1) is 5.52 Å². The molecule has 1 aromatic heterocycles. The van der Waals surface area contributed by atoms with Gasteiger partial charge in [-0.05, 0) is 30.2 Å². The summed E-state index contributed by atoms with van der Waals surface area (Å²) in [6.07, 6.45) is 2.95. The molecule has 3 nitrogen and oxygen atoms in total. The third kappa shape index (κ3) is 2.80. The van der Waals surface area contributed by atoms with E-state index in [-0.39, 0.29) is 12.4 Å². The van der Waals surface area contributed by atoms with Gasteiger partial charge >= 0.3 is 0 Å². The first-order chi connectivity index (χ1) is 8.31. The zero-order chi connectivity index (χ0) is 11.7. The standard InChI is InChI=1S/C14H17N3.ClH/c15-13-5-7-17(10-13)9-11-3-4-14-12(8-11)2-1-6-16-14;/h1-4,6,8,13H,5,7,9-10,15H2;1H/t13-;/m0./s1. The molecule has 4 heteroatoms. The Labute approximate surface area is 113 Å². The molecule has 0 spiro atoms. The van der Waals surface area contributed by atoms with Crippen LogP contribution < -0.4 is 5.73 Å². The summed E-state index contributed by atoms with van der Waals surface area (Å²) in [5.41, 5.74) is 8.33. The van der Waals surface area contributed by atoms with E-state index in [0.29, 0.717) is 6.04 Å². The summed E-state index contributed by atoms with van der Waals surface area (Å²) in [5, 5.41) is 1.22. The summed E-state index contributed by atoms with van der Waals surface area (Å²) in [6, 6.07) is 10.9. The number of rotatable bonds is 2. The predicted octanol–water partition coefficient (Wildman–Crippen LogP) is 2.19. The van der Waals surface area contributed by atoms with Gasteiger partial charge in [0.2, 0.25) is 0 Å². The molecule has 1 atom stereocenters. The normalized spacial score (nSPS) is 19.9. The van der Waals surface area contributed by atoms with Crippen LogP contribution >= 0.6 is 12.4 Å². The molecule has 0 aliphatic carbocycles. The molecule has 0 amide bonds. The highest BCUT2D eigenvalue weighted by Gasteiger charge is 2.18. The lowest BCUT2D eigenvalue weighted by Gasteiger charge is -2.15. The van der Waals surface area contributed by atoms with Crippen LogP contribution in [0.4, 0.5) is 0 Å². The molecule has 2 aromatic rings. The van der Waals surface area contributed by atoms with Crippen LogP contribution in [0.2, 0.25) is 0 Å². The maximum Gasteiger partial charge on any atom is 0.0702 e. The van der Waals surface area contributed by atoms with Crippen LogP contribution in [-0.4, -0.2) is 29.0 Å². The van der Waals surface area contributed by atoms with Crippen LogP contribution in [0.3, 0.4) is 0 Å². The number of hydrogen-bond acceptors (Lipinski definition) is 3. The molecule has 18 heavy (non-hydrogen) atoms. The fourth-order valence-corrected chi connectivity index (χ4v) is 2.49. The van der Waals surface area contributed by atoms with Gasteiger partial charge in [0, 0.05) is 37.3 Å². The van der Waals surface area contributed by atoms with Crippen molar-refractivity contribution in [1.82, 2.24) is 9.88 Å². The van der Waals surface area contributed by atoms with Gasteiger partial charge in [-0.2, -0.15) is 0 Å². The van der Waals surface area contributed by atoms with Gasteiger partial charge in [0.15, 0.2) is 0 Å². The fourth-order valence-electron chi connectivity index (χ4n) is 2.49. The van der Waals surface area contributed by atoms with E-state index in [2.05, 4.69) is 34.1 Å². The molecule has 2 N–H and O–H groups in total. The zero-order valence-corrected chi connectivity index (χ0v) is 11.1. The smallest absolute Gasteiger partial charge is 0.0702 e. The van der Waals surface area contributed by atoms with Crippen molar-refractivity contribution in [3.05, 3.63) is 42.1 Å². The summed E-state index contributed by atoms with van der Waals surface area (Å²) in [7, 11) is 0. The van der Waals surface area contributed by atoms with Crippen molar-refractivity contribution in [2.45, 2.75) is 19.0 Å². The molecule has 0 unspecified atom stereocenters. The molecule has 0 radical (unpaired) electrons. The minimum absolute atomic E-state index is 0. The van der Waals surface area contributed by atoms with E-state index in [4.69, 9.17) is 5.73 Å². The summed E-state index contributed by atoms with van der Waals surface area (Å²) in [6.45, 7) is 3.13. The van der Waals surface area contributed by atoms with E-state index in [1.807, 2.05) is 12.3 Å². The van der Waals surface area contributed by atoms with Gasteiger partial charge in [-0.3, -0.25) is 9.88 Å². The lowest BCUT2D eigenvalue weighted by Crippen LogP contribution is -2.26. The highest BCUT2D eigenvalue weighted by molar-refractivity contribution is 5.85. The maximum absolute atomic E-state index is 5.92. The average molecular weight is 264 g/mol. The van der Waals surface area contributed by atoms with Crippen molar-refractivity contribution in [3.63, 3.8) is 0 Å². The Bertz CT molecular complexity index is 529. The first-order valence-corrected chi connectivity index (χ1v) is 6.13. The second kappa shape index (κ2) is 5.65. The first kappa shape index (κ1) is 13.3. The van der Waals surface area contributed by atoms with Gasteiger partial charge in [-0.15, -0.1) is 12.4 Å². The Morgan fingerprint density at radius 1 is 1.33 bits per heavy atom. The number of hydrogen-bond donors (Lipinski definition) is 1. The molecule has 1 aromatic carbocycles. The highest BCUT2D eigenvalue weighted by atomic mass is 35.5. The number of halogens is 1. The number of fused-ring (bicyclic) bond motifs is 1. The third-order valence-corrected chi connectivity index (χ3v) is 3.38. The lowest BCUT2D eigenvalue weighted by molar-refractivity contribution is 0.327. The van der Waals surface area contributed by atoms with Gasteiger partial charge in [0.1, 0.15) is 0 Å². The molecule has 1 aliphatic rings. The number of nitrogens with two attached hydrogens (primary N) is 1. The van der Waals surface area contributed by atoms with Crippen LogP contribution in [0.15, 0.2) is 36.5 Å². The molecule has 96 valence electrons. The predicted molar refractivity (Wildman–Crippen MR) is 76.9 cm³/mol. The fraction of sp³-hybridized carbons (Fsp3) is 0.357. The van der Waals surface area contributed by atoms with Gasteiger partial charge < -0.3 is 5.73 Å². The van der Waals surface area contributed by atoms with Crippen molar-refractivity contribution >= 4 is 23.3 Å². The van der Waals surface area contributed by atoms with Crippen molar-refractivity contribution in [2.24, 2.45) is 5.73 Å². The Balaban J connectivity index is 0.00000120. The molecule has 2 heterocycles. The average Bonchev–Trinajstić information content (AvgIpc) is 2.75. The number of nitrogens with zero attached hydrogens (tertiary/aromatic N) is 2. The van der Waals surface area contributed by atoms with Crippen molar-refractivity contribution in [3.8, 4) is 0 Å². The van der Waals surface area contributed by atoms with E-state index in [1.165, 1.54) is 10.9 Å². The van der Waals surface area contributed by atoms with Crippen LogP contribution in [-0.2, 0) is 6.54 Å². The largest absolute Gasteiger partial charge is 0.326 e. The summed E-state index contributed by atoms with van der Waals surface area (Å²) in [4.78, 5) is 6.75. The number of likely N-dealkylation sites (tertiary alicyclic amines) is 1.